The van der Waals surface area contributed by atoms with E-state index in [4.69, 9.17) is 0 Å². The predicted molar refractivity (Wildman–Crippen MR) is 168 cm³/mol. The zero-order valence-corrected chi connectivity index (χ0v) is 23.3. The van der Waals surface area contributed by atoms with Crippen molar-refractivity contribution in [3.63, 3.8) is 0 Å². The number of nitrogens with one attached hydrogen (secondary N) is 2. The largest absolute Gasteiger partial charge is 0.377 e. The Morgan fingerprint density at radius 1 is 0.829 bits per heavy atom. The molecule has 0 bridgehead atoms. The summed E-state index contributed by atoms with van der Waals surface area (Å²) in [5.41, 5.74) is 5.58. The van der Waals surface area contributed by atoms with E-state index in [0.29, 0.717) is 11.7 Å². The topological polar surface area (TPSA) is 84.2 Å². The van der Waals surface area contributed by atoms with E-state index in [0.717, 1.165) is 38.9 Å². The summed E-state index contributed by atoms with van der Waals surface area (Å²) in [4.78, 5) is 13.0. The third kappa shape index (κ3) is 5.83. The molecular formula is C33H28N6OS. The highest BCUT2D eigenvalue weighted by Crippen LogP contribution is 2.28. The van der Waals surface area contributed by atoms with Crippen LogP contribution in [0.2, 0.25) is 0 Å². The number of carbonyl (C=O) groups is 1. The average molecular weight is 557 g/mol. The van der Waals surface area contributed by atoms with Gasteiger partial charge in [-0.1, -0.05) is 109 Å². The number of hydrogen-bond acceptors (Lipinski definition) is 6. The van der Waals surface area contributed by atoms with Crippen LogP contribution < -0.4 is 10.7 Å². The zero-order valence-electron chi connectivity index (χ0n) is 22.4. The Bertz CT molecular complexity index is 1840. The maximum absolute atomic E-state index is 13.0. The van der Waals surface area contributed by atoms with Crippen LogP contribution in [0.3, 0.4) is 0 Å². The number of carbonyl (C=O) groups excluding carboxylic acids is 1. The number of para-hydroxylation sites is 1. The Hall–Kier alpha value is -4.95. The Balaban J connectivity index is 1.19. The molecule has 1 atom stereocenters. The van der Waals surface area contributed by atoms with E-state index in [9.17, 15) is 4.79 Å². The van der Waals surface area contributed by atoms with Crippen LogP contribution in [-0.2, 0) is 11.3 Å². The fourth-order valence-corrected chi connectivity index (χ4v) is 5.59. The first-order valence-electron chi connectivity index (χ1n) is 13.4. The van der Waals surface area contributed by atoms with Crippen molar-refractivity contribution in [2.24, 2.45) is 5.10 Å². The Labute approximate surface area is 242 Å². The van der Waals surface area contributed by atoms with Gasteiger partial charge in [0.1, 0.15) is 0 Å². The van der Waals surface area contributed by atoms with E-state index in [-0.39, 0.29) is 5.91 Å². The van der Waals surface area contributed by atoms with E-state index in [2.05, 4.69) is 62.4 Å². The molecule has 202 valence electrons. The van der Waals surface area contributed by atoms with Crippen LogP contribution in [-0.4, -0.2) is 32.1 Å². The van der Waals surface area contributed by atoms with Gasteiger partial charge in [0, 0.05) is 22.3 Å². The fraction of sp³-hybridized carbons (Fsp3) is 0.0909. The van der Waals surface area contributed by atoms with Crippen molar-refractivity contribution in [3.05, 3.63) is 127 Å². The van der Waals surface area contributed by atoms with E-state index >= 15 is 0 Å². The average Bonchev–Trinajstić information content (AvgIpc) is 3.42. The fourth-order valence-electron chi connectivity index (χ4n) is 4.71. The van der Waals surface area contributed by atoms with Crippen LogP contribution in [0.5, 0.6) is 0 Å². The summed E-state index contributed by atoms with van der Waals surface area (Å²) in [7, 11) is 0. The van der Waals surface area contributed by atoms with Crippen molar-refractivity contribution in [2.75, 3.05) is 5.32 Å². The molecule has 0 unspecified atom stereocenters. The number of aromatic nitrogens is 3. The molecule has 0 fully saturated rings. The van der Waals surface area contributed by atoms with Crippen LogP contribution in [0.1, 0.15) is 18.3 Å². The lowest BCUT2D eigenvalue weighted by molar-refractivity contribution is -0.120. The summed E-state index contributed by atoms with van der Waals surface area (Å²) in [6.07, 6.45) is 1.68. The summed E-state index contributed by atoms with van der Waals surface area (Å²) >= 11 is 1.34. The third-order valence-electron chi connectivity index (χ3n) is 6.79. The van der Waals surface area contributed by atoms with E-state index < -0.39 is 5.25 Å². The number of hydrazone groups is 1. The maximum Gasteiger partial charge on any atom is 0.253 e. The van der Waals surface area contributed by atoms with E-state index in [1.807, 2.05) is 90.4 Å². The van der Waals surface area contributed by atoms with Crippen LogP contribution >= 0.6 is 11.8 Å². The second kappa shape index (κ2) is 12.1. The molecule has 6 aromatic rings. The number of hydrogen-bond donors (Lipinski definition) is 2. The van der Waals surface area contributed by atoms with Gasteiger partial charge in [-0.25, -0.2) is 5.43 Å². The SMILES string of the molecule is C[C@@H](Sc1nnc(CNc2cccc3ccccc23)n1-c1ccccc1)C(=O)N/N=C\c1cccc2ccccc12. The molecule has 5 aromatic carbocycles. The molecule has 7 nitrogen and oxygen atoms in total. The summed E-state index contributed by atoms with van der Waals surface area (Å²) in [6.45, 7) is 2.30. The number of thioether (sulfide) groups is 1. The number of benzene rings is 5. The van der Waals surface area contributed by atoms with Crippen molar-refractivity contribution < 1.29 is 4.79 Å². The number of amides is 1. The van der Waals surface area contributed by atoms with Gasteiger partial charge in [-0.15, -0.1) is 10.2 Å². The minimum absolute atomic E-state index is 0.218. The lowest BCUT2D eigenvalue weighted by Crippen LogP contribution is -2.27. The molecule has 0 saturated heterocycles. The minimum Gasteiger partial charge on any atom is -0.377 e. The van der Waals surface area contributed by atoms with Crippen LogP contribution in [0, 0.1) is 0 Å². The van der Waals surface area contributed by atoms with Gasteiger partial charge in [-0.05, 0) is 41.3 Å². The zero-order chi connectivity index (χ0) is 28.0. The van der Waals surface area contributed by atoms with Gasteiger partial charge in [0.2, 0.25) is 0 Å². The second-order valence-corrected chi connectivity index (χ2v) is 10.8. The quantitative estimate of drug-likeness (QED) is 0.116. The van der Waals surface area contributed by atoms with E-state index in [1.165, 1.54) is 17.1 Å². The molecular weight excluding hydrogens is 528 g/mol. The first-order valence-corrected chi connectivity index (χ1v) is 14.2. The monoisotopic (exact) mass is 556 g/mol. The van der Waals surface area contributed by atoms with Gasteiger partial charge in [0.25, 0.3) is 5.91 Å². The normalized spacial score (nSPS) is 12.1. The van der Waals surface area contributed by atoms with Gasteiger partial charge in [0.05, 0.1) is 18.0 Å². The molecule has 0 radical (unpaired) electrons. The summed E-state index contributed by atoms with van der Waals surface area (Å²) < 4.78 is 1.99. The lowest BCUT2D eigenvalue weighted by Gasteiger charge is -2.14. The first kappa shape index (κ1) is 26.3. The van der Waals surface area contributed by atoms with Gasteiger partial charge in [-0.2, -0.15) is 5.10 Å². The van der Waals surface area contributed by atoms with Gasteiger partial charge < -0.3 is 5.32 Å². The molecule has 0 spiro atoms. The molecule has 0 saturated carbocycles. The van der Waals surface area contributed by atoms with Gasteiger partial charge >= 0.3 is 0 Å². The second-order valence-electron chi connectivity index (χ2n) is 9.51. The number of anilines is 1. The van der Waals surface area contributed by atoms with Crippen molar-refractivity contribution in [3.8, 4) is 5.69 Å². The van der Waals surface area contributed by atoms with Gasteiger partial charge in [0.15, 0.2) is 11.0 Å². The molecule has 0 aliphatic rings. The van der Waals surface area contributed by atoms with Crippen molar-refractivity contribution >= 4 is 51.1 Å². The van der Waals surface area contributed by atoms with Crippen LogP contribution in [0.25, 0.3) is 27.2 Å². The molecule has 8 heteroatoms. The number of fused-ring (bicyclic) bond motifs is 2. The standard InChI is InChI=1S/C33H28N6OS/c1-23(32(40)37-35-21-26-15-9-13-24-11-5-7-18-28(24)26)41-33-38-36-31(39(33)27-16-3-2-4-17-27)22-34-30-20-10-14-25-12-6-8-19-29(25)30/h2-21,23,34H,22H2,1H3,(H,37,40)/b35-21-/t23-/m1/s1. The van der Waals surface area contributed by atoms with Crippen molar-refractivity contribution in [1.29, 1.82) is 0 Å². The predicted octanol–water partition coefficient (Wildman–Crippen LogP) is 6.82. The molecule has 0 aliphatic heterocycles. The summed E-state index contributed by atoms with van der Waals surface area (Å²) in [5, 5.41) is 21.4. The van der Waals surface area contributed by atoms with Crippen molar-refractivity contribution in [1.82, 2.24) is 20.2 Å². The maximum atomic E-state index is 13.0. The number of rotatable bonds is 9. The van der Waals surface area contributed by atoms with Gasteiger partial charge in [-0.3, -0.25) is 9.36 Å². The molecule has 0 aliphatic carbocycles. The Morgan fingerprint density at radius 2 is 1.49 bits per heavy atom. The highest BCUT2D eigenvalue weighted by Gasteiger charge is 2.21. The highest BCUT2D eigenvalue weighted by atomic mass is 32.2. The Kier molecular flexibility index (Phi) is 7.73. The smallest absolute Gasteiger partial charge is 0.253 e. The molecule has 1 aromatic heterocycles. The summed E-state index contributed by atoms with van der Waals surface area (Å²) in [5.74, 6) is 0.526. The molecule has 41 heavy (non-hydrogen) atoms. The van der Waals surface area contributed by atoms with Crippen LogP contribution in [0.4, 0.5) is 5.69 Å². The Morgan fingerprint density at radius 3 is 2.29 bits per heavy atom. The lowest BCUT2D eigenvalue weighted by atomic mass is 10.1. The molecule has 1 heterocycles. The third-order valence-corrected chi connectivity index (χ3v) is 7.84. The van der Waals surface area contributed by atoms with Crippen molar-refractivity contribution in [2.45, 2.75) is 23.9 Å². The van der Waals surface area contributed by atoms with E-state index in [1.54, 1.807) is 6.21 Å². The highest BCUT2D eigenvalue weighted by molar-refractivity contribution is 8.00. The summed E-state index contributed by atoms with van der Waals surface area (Å²) in [6, 6.07) is 38.5. The van der Waals surface area contributed by atoms with Crippen LogP contribution in [0.15, 0.2) is 126 Å². The molecule has 1 amide bonds. The number of nitrogens with zero attached hydrogens (tertiary/aromatic N) is 4. The molecule has 6 rings (SSSR count). The molecule has 2 N–H and O–H groups in total. The first-order chi connectivity index (χ1) is 20.2. The minimum atomic E-state index is -0.454.